The van der Waals surface area contributed by atoms with Crippen LogP contribution in [-0.2, 0) is 0 Å². The minimum absolute atomic E-state index is 0. The number of hydrogen-bond acceptors (Lipinski definition) is 4. The Labute approximate surface area is 134 Å². The molecule has 1 saturated heterocycles. The Hall–Kier alpha value is -0.580. The molecule has 1 aliphatic heterocycles. The quantitative estimate of drug-likeness (QED) is 0.854. The highest BCUT2D eigenvalue weighted by molar-refractivity contribution is 5.85. The molecule has 4 nitrogen and oxygen atoms in total. The van der Waals surface area contributed by atoms with E-state index in [1.54, 1.807) is 6.33 Å². The summed E-state index contributed by atoms with van der Waals surface area (Å²) in [4.78, 5) is 13.3. The molecule has 0 bridgehead atoms. The van der Waals surface area contributed by atoms with E-state index < -0.39 is 0 Å². The van der Waals surface area contributed by atoms with Crippen molar-refractivity contribution in [2.75, 3.05) is 32.1 Å². The van der Waals surface area contributed by atoms with Crippen molar-refractivity contribution in [2.45, 2.75) is 32.7 Å². The molecule has 0 amide bonds. The molecule has 0 unspecified atom stereocenters. The number of nitrogens with zero attached hydrogens (tertiary/aromatic N) is 4. The van der Waals surface area contributed by atoms with Crippen LogP contribution < -0.4 is 4.90 Å². The van der Waals surface area contributed by atoms with E-state index in [0.29, 0.717) is 6.04 Å². The van der Waals surface area contributed by atoms with E-state index in [-0.39, 0.29) is 24.8 Å². The Balaban J connectivity index is 0.00000180. The van der Waals surface area contributed by atoms with Crippen LogP contribution in [0.5, 0.6) is 0 Å². The van der Waals surface area contributed by atoms with Crippen LogP contribution in [0.4, 0.5) is 5.82 Å². The molecule has 1 aliphatic rings. The lowest BCUT2D eigenvalue weighted by Crippen LogP contribution is -2.35. The molecule has 116 valence electrons. The van der Waals surface area contributed by atoms with E-state index in [0.717, 1.165) is 30.5 Å². The van der Waals surface area contributed by atoms with E-state index in [1.807, 2.05) is 6.92 Å². The van der Waals surface area contributed by atoms with Crippen LogP contribution in [-0.4, -0.2) is 48.1 Å². The van der Waals surface area contributed by atoms with Gasteiger partial charge in [-0.2, -0.15) is 0 Å². The highest BCUT2D eigenvalue weighted by atomic mass is 35.5. The average molecular weight is 321 g/mol. The van der Waals surface area contributed by atoms with Crippen molar-refractivity contribution in [3.05, 3.63) is 18.1 Å². The molecular formula is C14H26Cl2N4. The number of aryl methyl sites for hydroxylation is 1. The van der Waals surface area contributed by atoms with Gasteiger partial charge in [-0.1, -0.05) is 13.3 Å². The van der Waals surface area contributed by atoms with Crippen LogP contribution in [0.1, 0.15) is 25.5 Å². The summed E-state index contributed by atoms with van der Waals surface area (Å²) in [7, 11) is 4.37. The highest BCUT2D eigenvalue weighted by Gasteiger charge is 2.33. The Morgan fingerprint density at radius 2 is 1.95 bits per heavy atom. The minimum Gasteiger partial charge on any atom is -0.355 e. The maximum atomic E-state index is 4.41. The standard InChI is InChI=1S/C14H24N4.2ClH/c1-5-6-12-8-18(9-13(12)17(3)4)14-7-11(2)15-10-16-14;;/h7,10,12-13H,5-6,8-9H2,1-4H3;2*1H/t12-,13-;;/m0../s1. The second kappa shape index (κ2) is 8.65. The van der Waals surface area contributed by atoms with E-state index >= 15 is 0 Å². The van der Waals surface area contributed by atoms with E-state index in [4.69, 9.17) is 0 Å². The monoisotopic (exact) mass is 320 g/mol. The Morgan fingerprint density at radius 3 is 2.50 bits per heavy atom. The Morgan fingerprint density at radius 1 is 1.25 bits per heavy atom. The summed E-state index contributed by atoms with van der Waals surface area (Å²) in [6.45, 7) is 6.49. The van der Waals surface area contributed by atoms with Crippen LogP contribution in [0.2, 0.25) is 0 Å². The van der Waals surface area contributed by atoms with Crippen LogP contribution in [0, 0.1) is 12.8 Å². The van der Waals surface area contributed by atoms with Gasteiger partial charge in [0.05, 0.1) is 0 Å². The van der Waals surface area contributed by atoms with Gasteiger partial charge in [0.2, 0.25) is 0 Å². The van der Waals surface area contributed by atoms with Gasteiger partial charge in [0.15, 0.2) is 0 Å². The zero-order valence-corrected chi connectivity index (χ0v) is 14.4. The van der Waals surface area contributed by atoms with Gasteiger partial charge < -0.3 is 9.80 Å². The van der Waals surface area contributed by atoms with Gasteiger partial charge in [-0.15, -0.1) is 24.8 Å². The smallest absolute Gasteiger partial charge is 0.132 e. The fourth-order valence-electron chi connectivity index (χ4n) is 2.89. The molecule has 2 heterocycles. The molecule has 0 aromatic carbocycles. The summed E-state index contributed by atoms with van der Waals surface area (Å²) >= 11 is 0. The summed E-state index contributed by atoms with van der Waals surface area (Å²) in [6, 6.07) is 2.72. The topological polar surface area (TPSA) is 32.3 Å². The summed E-state index contributed by atoms with van der Waals surface area (Å²) in [5.41, 5.74) is 1.04. The molecule has 1 aromatic rings. The number of rotatable bonds is 4. The minimum atomic E-state index is 0. The zero-order chi connectivity index (χ0) is 13.1. The Bertz CT molecular complexity index is 401. The van der Waals surface area contributed by atoms with Crippen LogP contribution >= 0.6 is 24.8 Å². The van der Waals surface area contributed by atoms with Crippen LogP contribution in [0.25, 0.3) is 0 Å². The zero-order valence-electron chi connectivity index (χ0n) is 12.7. The first-order valence-electron chi connectivity index (χ1n) is 6.81. The van der Waals surface area contributed by atoms with Gasteiger partial charge in [0.25, 0.3) is 0 Å². The molecule has 0 N–H and O–H groups in total. The predicted octanol–water partition coefficient (Wildman–Crippen LogP) is 2.80. The third-order valence-electron chi connectivity index (χ3n) is 3.84. The fourth-order valence-corrected chi connectivity index (χ4v) is 2.89. The summed E-state index contributed by atoms with van der Waals surface area (Å²) in [5.74, 6) is 1.83. The summed E-state index contributed by atoms with van der Waals surface area (Å²) in [6.07, 6.45) is 4.22. The first-order chi connectivity index (χ1) is 8.61. The lowest BCUT2D eigenvalue weighted by atomic mass is 9.98. The van der Waals surface area contributed by atoms with Gasteiger partial charge in [-0.3, -0.25) is 0 Å². The van der Waals surface area contributed by atoms with Crippen molar-refractivity contribution in [2.24, 2.45) is 5.92 Å². The molecular weight excluding hydrogens is 295 g/mol. The molecule has 2 rings (SSSR count). The number of likely N-dealkylation sites (N-methyl/N-ethyl adjacent to an activating group) is 1. The number of anilines is 1. The molecule has 0 spiro atoms. The van der Waals surface area contributed by atoms with Crippen LogP contribution in [0.15, 0.2) is 12.4 Å². The summed E-state index contributed by atoms with van der Waals surface area (Å²) in [5, 5.41) is 0. The van der Waals surface area contributed by atoms with Gasteiger partial charge >= 0.3 is 0 Å². The van der Waals surface area contributed by atoms with Crippen molar-refractivity contribution in [3.8, 4) is 0 Å². The van der Waals surface area contributed by atoms with Crippen LogP contribution in [0.3, 0.4) is 0 Å². The van der Waals surface area contributed by atoms with Gasteiger partial charge in [0.1, 0.15) is 12.1 Å². The SMILES string of the molecule is CCC[C@H]1CN(c2cc(C)ncn2)C[C@@H]1N(C)C.Cl.Cl. The van der Waals surface area contributed by atoms with Crippen molar-refractivity contribution in [1.82, 2.24) is 14.9 Å². The highest BCUT2D eigenvalue weighted by Crippen LogP contribution is 2.27. The molecule has 1 aromatic heterocycles. The molecule has 0 radical (unpaired) electrons. The predicted molar refractivity (Wildman–Crippen MR) is 89.4 cm³/mol. The number of aromatic nitrogens is 2. The first-order valence-corrected chi connectivity index (χ1v) is 6.81. The van der Waals surface area contributed by atoms with E-state index in [9.17, 15) is 0 Å². The molecule has 2 atom stereocenters. The van der Waals surface area contributed by atoms with Gasteiger partial charge in [-0.25, -0.2) is 9.97 Å². The van der Waals surface area contributed by atoms with Crippen molar-refractivity contribution >= 4 is 30.6 Å². The molecule has 6 heteroatoms. The molecule has 0 saturated carbocycles. The van der Waals surface area contributed by atoms with Gasteiger partial charge in [-0.05, 0) is 33.4 Å². The van der Waals surface area contributed by atoms with Gasteiger partial charge in [0, 0.05) is 30.9 Å². The maximum absolute atomic E-state index is 4.41. The number of halogens is 2. The first kappa shape index (κ1) is 19.4. The third kappa shape index (κ3) is 4.47. The summed E-state index contributed by atoms with van der Waals surface area (Å²) < 4.78 is 0. The Kier molecular flexibility index (Phi) is 8.40. The average Bonchev–Trinajstić information content (AvgIpc) is 2.74. The maximum Gasteiger partial charge on any atom is 0.132 e. The third-order valence-corrected chi connectivity index (χ3v) is 3.84. The second-order valence-electron chi connectivity index (χ2n) is 5.50. The van der Waals surface area contributed by atoms with E-state index in [1.165, 1.54) is 12.8 Å². The van der Waals surface area contributed by atoms with Crippen molar-refractivity contribution in [3.63, 3.8) is 0 Å². The number of hydrogen-bond donors (Lipinski definition) is 0. The largest absolute Gasteiger partial charge is 0.355 e. The van der Waals surface area contributed by atoms with E-state index in [2.05, 4.69) is 46.9 Å². The fraction of sp³-hybridized carbons (Fsp3) is 0.714. The second-order valence-corrected chi connectivity index (χ2v) is 5.50. The lowest BCUT2D eigenvalue weighted by molar-refractivity contribution is 0.246. The lowest BCUT2D eigenvalue weighted by Gasteiger charge is -2.24. The van der Waals surface area contributed by atoms with Crippen molar-refractivity contribution < 1.29 is 0 Å². The molecule has 20 heavy (non-hydrogen) atoms. The molecule has 0 aliphatic carbocycles. The molecule has 1 fully saturated rings. The normalized spacial score (nSPS) is 21.6. The van der Waals surface area contributed by atoms with Crippen molar-refractivity contribution in [1.29, 1.82) is 0 Å².